The van der Waals surface area contributed by atoms with E-state index in [9.17, 15) is 0 Å². The number of ether oxygens (including phenoxy) is 1. The van der Waals surface area contributed by atoms with Crippen molar-refractivity contribution in [1.82, 2.24) is 15.3 Å². The lowest BCUT2D eigenvalue weighted by Crippen LogP contribution is -2.19. The number of benzene rings is 1. The predicted octanol–water partition coefficient (Wildman–Crippen LogP) is 2.95. The van der Waals surface area contributed by atoms with Crippen LogP contribution >= 0.6 is 15.9 Å². The highest BCUT2D eigenvalue weighted by atomic mass is 79.9. The van der Waals surface area contributed by atoms with E-state index in [1.807, 2.05) is 37.3 Å². The second-order valence-electron chi connectivity index (χ2n) is 4.47. The normalized spacial score (nSPS) is 10.8. The highest BCUT2D eigenvalue weighted by Gasteiger charge is 2.07. The van der Waals surface area contributed by atoms with E-state index in [-0.39, 0.29) is 0 Å². The van der Waals surface area contributed by atoms with E-state index in [0.717, 1.165) is 33.8 Å². The molecule has 0 aliphatic carbocycles. The van der Waals surface area contributed by atoms with Crippen LogP contribution in [0.1, 0.15) is 11.4 Å². The molecule has 2 rings (SSSR count). The first-order valence-corrected chi connectivity index (χ1v) is 7.29. The van der Waals surface area contributed by atoms with E-state index >= 15 is 0 Å². The Hall–Kier alpha value is -1.30. The maximum absolute atomic E-state index is 5.01. The Balaban J connectivity index is 2.18. The third kappa shape index (κ3) is 4.10. The van der Waals surface area contributed by atoms with Gasteiger partial charge in [0.05, 0.1) is 12.3 Å². The van der Waals surface area contributed by atoms with E-state index in [0.29, 0.717) is 13.2 Å². The van der Waals surface area contributed by atoms with Crippen LogP contribution in [-0.4, -0.2) is 30.2 Å². The molecule has 0 aliphatic heterocycles. The number of aryl methyl sites for hydroxylation is 1. The molecule has 5 heteroatoms. The Morgan fingerprint density at radius 1 is 1.25 bits per heavy atom. The second kappa shape index (κ2) is 7.47. The summed E-state index contributed by atoms with van der Waals surface area (Å²) in [4.78, 5) is 9.13. The summed E-state index contributed by atoms with van der Waals surface area (Å²) in [5, 5.41) is 3.30. The van der Waals surface area contributed by atoms with Crippen LogP contribution in [-0.2, 0) is 11.3 Å². The van der Waals surface area contributed by atoms with Crippen molar-refractivity contribution >= 4 is 15.9 Å². The fourth-order valence-electron chi connectivity index (χ4n) is 1.88. The van der Waals surface area contributed by atoms with Crippen LogP contribution in [0.25, 0.3) is 11.4 Å². The lowest BCUT2D eigenvalue weighted by atomic mass is 10.2. The minimum atomic E-state index is 0.696. The topological polar surface area (TPSA) is 47.0 Å². The molecular formula is C15H18BrN3O. The summed E-state index contributed by atoms with van der Waals surface area (Å²) >= 11 is 3.54. The van der Waals surface area contributed by atoms with Gasteiger partial charge in [-0.3, -0.25) is 0 Å². The van der Waals surface area contributed by atoms with E-state index in [4.69, 9.17) is 4.74 Å². The van der Waals surface area contributed by atoms with Gasteiger partial charge in [0.2, 0.25) is 0 Å². The number of aromatic nitrogens is 2. The summed E-state index contributed by atoms with van der Waals surface area (Å²) in [5.74, 6) is 0.751. The summed E-state index contributed by atoms with van der Waals surface area (Å²) in [6, 6.07) is 9.98. The van der Waals surface area contributed by atoms with Gasteiger partial charge in [0.1, 0.15) is 0 Å². The van der Waals surface area contributed by atoms with Crippen LogP contribution in [0, 0.1) is 6.92 Å². The van der Waals surface area contributed by atoms with Gasteiger partial charge in [0.15, 0.2) is 5.82 Å². The summed E-state index contributed by atoms with van der Waals surface area (Å²) in [6.45, 7) is 4.20. The van der Waals surface area contributed by atoms with Gasteiger partial charge < -0.3 is 10.1 Å². The lowest BCUT2D eigenvalue weighted by molar-refractivity contribution is 0.199. The molecule has 1 heterocycles. The maximum atomic E-state index is 5.01. The molecule has 2 aromatic rings. The quantitative estimate of drug-likeness (QED) is 0.824. The zero-order chi connectivity index (χ0) is 14.4. The number of nitrogens with one attached hydrogen (secondary N) is 1. The zero-order valence-corrected chi connectivity index (χ0v) is 13.3. The molecule has 0 bridgehead atoms. The van der Waals surface area contributed by atoms with Gasteiger partial charge in [-0.1, -0.05) is 34.1 Å². The van der Waals surface area contributed by atoms with Gasteiger partial charge in [-0.2, -0.15) is 0 Å². The molecule has 0 radical (unpaired) electrons. The summed E-state index contributed by atoms with van der Waals surface area (Å²) in [5.41, 5.74) is 2.96. The minimum absolute atomic E-state index is 0.696. The second-order valence-corrected chi connectivity index (χ2v) is 5.33. The van der Waals surface area contributed by atoms with Crippen molar-refractivity contribution < 1.29 is 4.74 Å². The van der Waals surface area contributed by atoms with Crippen molar-refractivity contribution in [3.8, 4) is 11.4 Å². The molecule has 0 unspecified atom stereocenters. The standard InChI is InChI=1S/C15H18BrN3O/c1-11-9-12(10-17-7-8-20-2)19-15(18-11)13-5-3-4-6-14(13)16/h3-6,9,17H,7-8,10H2,1-2H3. The largest absolute Gasteiger partial charge is 0.383 e. The molecule has 4 nitrogen and oxygen atoms in total. The van der Waals surface area contributed by atoms with Gasteiger partial charge in [-0.05, 0) is 19.1 Å². The number of hydrogen-bond acceptors (Lipinski definition) is 4. The van der Waals surface area contributed by atoms with Gasteiger partial charge in [-0.25, -0.2) is 9.97 Å². The Kier molecular flexibility index (Phi) is 5.64. The molecule has 0 aliphatic rings. The van der Waals surface area contributed by atoms with E-state index in [1.165, 1.54) is 0 Å². The third-order valence-electron chi connectivity index (χ3n) is 2.81. The number of rotatable bonds is 6. The molecule has 1 aromatic carbocycles. The maximum Gasteiger partial charge on any atom is 0.160 e. The first kappa shape index (κ1) is 15.1. The fraction of sp³-hybridized carbons (Fsp3) is 0.333. The molecule has 0 saturated carbocycles. The Labute approximate surface area is 127 Å². The third-order valence-corrected chi connectivity index (χ3v) is 3.50. The Morgan fingerprint density at radius 3 is 2.80 bits per heavy atom. The summed E-state index contributed by atoms with van der Waals surface area (Å²) in [6.07, 6.45) is 0. The minimum Gasteiger partial charge on any atom is -0.383 e. The number of halogens is 1. The fourth-order valence-corrected chi connectivity index (χ4v) is 2.34. The van der Waals surface area contributed by atoms with Gasteiger partial charge >= 0.3 is 0 Å². The summed E-state index contributed by atoms with van der Waals surface area (Å²) < 4.78 is 6.01. The molecule has 0 saturated heterocycles. The van der Waals surface area contributed by atoms with Crippen LogP contribution in [0.3, 0.4) is 0 Å². The average molecular weight is 336 g/mol. The Morgan fingerprint density at radius 2 is 2.05 bits per heavy atom. The zero-order valence-electron chi connectivity index (χ0n) is 11.7. The number of methoxy groups -OCH3 is 1. The Bertz CT molecular complexity index is 575. The number of nitrogens with zero attached hydrogens (tertiary/aromatic N) is 2. The molecule has 20 heavy (non-hydrogen) atoms. The van der Waals surface area contributed by atoms with Crippen molar-refractivity contribution in [2.75, 3.05) is 20.3 Å². The van der Waals surface area contributed by atoms with Crippen LogP contribution in [0.2, 0.25) is 0 Å². The molecule has 0 atom stereocenters. The van der Waals surface area contributed by atoms with Crippen LogP contribution in [0.15, 0.2) is 34.8 Å². The molecule has 1 aromatic heterocycles. The van der Waals surface area contributed by atoms with Gasteiger partial charge in [0, 0.05) is 35.9 Å². The van der Waals surface area contributed by atoms with Crippen molar-refractivity contribution in [3.63, 3.8) is 0 Å². The van der Waals surface area contributed by atoms with E-state index in [1.54, 1.807) is 7.11 Å². The molecule has 106 valence electrons. The van der Waals surface area contributed by atoms with E-state index in [2.05, 4.69) is 31.2 Å². The van der Waals surface area contributed by atoms with Crippen LogP contribution < -0.4 is 5.32 Å². The van der Waals surface area contributed by atoms with E-state index < -0.39 is 0 Å². The SMILES string of the molecule is COCCNCc1cc(C)nc(-c2ccccc2Br)n1. The predicted molar refractivity (Wildman–Crippen MR) is 83.5 cm³/mol. The highest BCUT2D eigenvalue weighted by molar-refractivity contribution is 9.10. The van der Waals surface area contributed by atoms with Crippen molar-refractivity contribution in [2.24, 2.45) is 0 Å². The lowest BCUT2D eigenvalue weighted by Gasteiger charge is -2.08. The van der Waals surface area contributed by atoms with Crippen LogP contribution in [0.4, 0.5) is 0 Å². The molecule has 1 N–H and O–H groups in total. The van der Waals surface area contributed by atoms with Crippen molar-refractivity contribution in [2.45, 2.75) is 13.5 Å². The van der Waals surface area contributed by atoms with Crippen molar-refractivity contribution in [3.05, 3.63) is 46.2 Å². The van der Waals surface area contributed by atoms with Crippen molar-refractivity contribution in [1.29, 1.82) is 0 Å². The van der Waals surface area contributed by atoms with Crippen LogP contribution in [0.5, 0.6) is 0 Å². The average Bonchev–Trinajstić information content (AvgIpc) is 2.43. The van der Waals surface area contributed by atoms with Gasteiger partial charge in [0.25, 0.3) is 0 Å². The first-order chi connectivity index (χ1) is 9.70. The highest BCUT2D eigenvalue weighted by Crippen LogP contribution is 2.25. The molecule has 0 spiro atoms. The summed E-state index contributed by atoms with van der Waals surface area (Å²) in [7, 11) is 1.70. The molecular weight excluding hydrogens is 318 g/mol. The van der Waals surface area contributed by atoms with Gasteiger partial charge in [-0.15, -0.1) is 0 Å². The smallest absolute Gasteiger partial charge is 0.160 e. The first-order valence-electron chi connectivity index (χ1n) is 6.50. The molecule has 0 amide bonds. The molecule has 0 fully saturated rings. The monoisotopic (exact) mass is 335 g/mol. The number of hydrogen-bond donors (Lipinski definition) is 1.